The number of aliphatic imine (C=N–C) groups is 1. The van der Waals surface area contributed by atoms with Crippen LogP contribution < -0.4 is 22.1 Å². The van der Waals surface area contributed by atoms with Gasteiger partial charge in [-0.15, -0.1) is 0 Å². The molecule has 13 nitrogen and oxygen atoms in total. The number of carbonyl (C=O) groups is 4. The summed E-state index contributed by atoms with van der Waals surface area (Å²) >= 11 is 1.12. The Bertz CT molecular complexity index is 1270. The summed E-state index contributed by atoms with van der Waals surface area (Å²) in [5.74, 6) is -0.900. The molecule has 0 rings (SSSR count). The van der Waals surface area contributed by atoms with Gasteiger partial charge in [0.25, 0.3) is 0 Å². The molecule has 0 aromatic heterocycles. The van der Waals surface area contributed by atoms with E-state index in [9.17, 15) is 24.3 Å². The van der Waals surface area contributed by atoms with Gasteiger partial charge in [0.1, 0.15) is 6.10 Å². The van der Waals surface area contributed by atoms with Crippen LogP contribution in [0.3, 0.4) is 0 Å². The van der Waals surface area contributed by atoms with E-state index in [0.29, 0.717) is 18.7 Å². The number of hydrogen-bond donors (Lipinski definition) is 6. The van der Waals surface area contributed by atoms with Crippen molar-refractivity contribution in [2.24, 2.45) is 21.9 Å². The van der Waals surface area contributed by atoms with Gasteiger partial charge in [0.15, 0.2) is 11.1 Å². The molecule has 0 bridgehead atoms. The minimum absolute atomic E-state index is 0.0162. The minimum atomic E-state index is -1.42. The molecule has 1 atom stereocenters. The Labute approximate surface area is 315 Å². The van der Waals surface area contributed by atoms with Gasteiger partial charge in [-0.25, -0.2) is 0 Å². The third kappa shape index (κ3) is 32.8. The van der Waals surface area contributed by atoms with Crippen LogP contribution in [0, 0.1) is 10.8 Å². The average Bonchev–Trinajstić information content (AvgIpc) is 3.08. The molecule has 0 saturated carbocycles. The molecule has 2 amide bonds. The van der Waals surface area contributed by atoms with Crippen LogP contribution in [-0.4, -0.2) is 90.5 Å². The Hall–Kier alpha value is -4.43. The molecule has 0 unspecified atom stereocenters. The SMILES string of the molecule is CC/C=C\C/C=C\C/C=C\C/C=C\C/C=C\C/C=C\CC(=O)OCC(C)(C)[C@@H](O)C(=O)NCCC(=O)NCCSC(C)=O.CN(C)C(=N)N=C(N)N. The van der Waals surface area contributed by atoms with Crippen molar-refractivity contribution < 1.29 is 29.0 Å². The van der Waals surface area contributed by atoms with Gasteiger partial charge in [-0.1, -0.05) is 105 Å². The van der Waals surface area contributed by atoms with Crippen molar-refractivity contribution in [1.82, 2.24) is 15.5 Å². The molecule has 0 aromatic rings. The molecule has 0 aromatic carbocycles. The number of thioether (sulfide) groups is 1. The number of rotatable bonds is 23. The fraction of sp³-hybridized carbons (Fsp3) is 0.526. The maximum Gasteiger partial charge on any atom is 0.309 e. The topological polar surface area (TPSA) is 213 Å². The second-order valence-electron chi connectivity index (χ2n) is 12.2. The molecule has 8 N–H and O–H groups in total. The Morgan fingerprint density at radius 2 is 1.33 bits per heavy atom. The van der Waals surface area contributed by atoms with Gasteiger partial charge in [0, 0.05) is 51.7 Å². The number of guanidine groups is 2. The number of allylic oxidation sites excluding steroid dienone is 11. The monoisotopic (exact) mass is 745 g/mol. The van der Waals surface area contributed by atoms with Gasteiger partial charge >= 0.3 is 5.97 Å². The van der Waals surface area contributed by atoms with E-state index in [1.54, 1.807) is 34.0 Å². The summed E-state index contributed by atoms with van der Waals surface area (Å²) in [6.07, 6.45) is 29.3. The molecule has 0 spiro atoms. The highest BCUT2D eigenvalue weighted by Crippen LogP contribution is 2.21. The lowest BCUT2D eigenvalue weighted by atomic mass is 9.87. The second kappa shape index (κ2) is 32.5. The molecular weight excluding hydrogens is 683 g/mol. The van der Waals surface area contributed by atoms with E-state index in [4.69, 9.17) is 21.6 Å². The highest BCUT2D eigenvalue weighted by molar-refractivity contribution is 8.13. The Kier molecular flexibility index (Phi) is 31.0. The predicted octanol–water partition coefficient (Wildman–Crippen LogP) is 4.66. The maximum absolute atomic E-state index is 12.3. The van der Waals surface area contributed by atoms with Crippen molar-refractivity contribution in [3.05, 3.63) is 72.9 Å². The second-order valence-corrected chi connectivity index (χ2v) is 13.4. The molecule has 14 heteroatoms. The molecular formula is C38H63N7O6S. The maximum atomic E-state index is 12.3. The Balaban J connectivity index is 0. The van der Waals surface area contributed by atoms with Crippen LogP contribution in [0.15, 0.2) is 77.9 Å². The molecule has 0 aliphatic rings. The zero-order chi connectivity index (χ0) is 39.6. The van der Waals surface area contributed by atoms with Gasteiger partial charge in [-0.05, 0) is 38.5 Å². The first-order valence-corrected chi connectivity index (χ1v) is 18.4. The summed E-state index contributed by atoms with van der Waals surface area (Å²) < 4.78 is 5.27. The predicted molar refractivity (Wildman–Crippen MR) is 215 cm³/mol. The van der Waals surface area contributed by atoms with Gasteiger partial charge < -0.3 is 36.8 Å². The van der Waals surface area contributed by atoms with Crippen molar-refractivity contribution in [2.45, 2.75) is 85.2 Å². The van der Waals surface area contributed by atoms with Crippen LogP contribution in [0.5, 0.6) is 0 Å². The summed E-state index contributed by atoms with van der Waals surface area (Å²) in [4.78, 5) is 52.0. The van der Waals surface area contributed by atoms with Crippen molar-refractivity contribution in [3.63, 3.8) is 0 Å². The summed E-state index contributed by atoms with van der Waals surface area (Å²) in [6.45, 7) is 7.13. The number of aliphatic hydroxyl groups excluding tert-OH is 1. The molecule has 0 aliphatic heterocycles. The molecule has 0 radical (unpaired) electrons. The van der Waals surface area contributed by atoms with Crippen molar-refractivity contribution in [2.75, 3.05) is 39.5 Å². The highest BCUT2D eigenvalue weighted by Gasteiger charge is 2.34. The van der Waals surface area contributed by atoms with Crippen molar-refractivity contribution in [1.29, 1.82) is 5.41 Å². The van der Waals surface area contributed by atoms with Gasteiger partial charge in [-0.3, -0.25) is 24.6 Å². The van der Waals surface area contributed by atoms with Crippen LogP contribution in [0.25, 0.3) is 0 Å². The first-order chi connectivity index (χ1) is 24.6. The number of nitrogens with two attached hydrogens (primary N) is 2. The van der Waals surface area contributed by atoms with E-state index in [2.05, 4.69) is 77.2 Å². The van der Waals surface area contributed by atoms with E-state index >= 15 is 0 Å². The molecule has 0 aliphatic carbocycles. The van der Waals surface area contributed by atoms with Crippen LogP contribution in [-0.2, 0) is 23.9 Å². The number of ether oxygens (including phenoxy) is 1. The molecule has 0 heterocycles. The fourth-order valence-corrected chi connectivity index (χ4v) is 4.04. The molecule has 0 saturated heterocycles. The van der Waals surface area contributed by atoms with Crippen LogP contribution in [0.1, 0.15) is 79.1 Å². The number of aliphatic hydroxyl groups is 1. The summed E-state index contributed by atoms with van der Waals surface area (Å²) in [6, 6.07) is 0. The quantitative estimate of drug-likeness (QED) is 0.0280. The third-order valence-electron chi connectivity index (χ3n) is 6.51. The zero-order valence-corrected chi connectivity index (χ0v) is 32.8. The van der Waals surface area contributed by atoms with Gasteiger partial charge in [-0.2, -0.15) is 4.99 Å². The average molecular weight is 746 g/mol. The van der Waals surface area contributed by atoms with Crippen molar-refractivity contribution in [3.8, 4) is 0 Å². The number of hydrogen-bond acceptors (Lipinski definition) is 8. The largest absolute Gasteiger partial charge is 0.465 e. The fourth-order valence-electron chi connectivity index (χ4n) is 3.55. The summed E-state index contributed by atoms with van der Waals surface area (Å²) in [5.41, 5.74) is 8.97. The summed E-state index contributed by atoms with van der Waals surface area (Å²) in [7, 11) is 3.38. The van der Waals surface area contributed by atoms with Crippen LogP contribution in [0.4, 0.5) is 0 Å². The Morgan fingerprint density at radius 1 is 0.846 bits per heavy atom. The number of nitrogens with zero attached hydrogens (tertiary/aromatic N) is 2. The van der Waals surface area contributed by atoms with E-state index in [1.165, 1.54) is 11.8 Å². The van der Waals surface area contributed by atoms with Crippen molar-refractivity contribution >= 4 is 46.6 Å². The van der Waals surface area contributed by atoms with E-state index in [0.717, 1.165) is 43.9 Å². The molecule has 52 heavy (non-hydrogen) atoms. The first kappa shape index (κ1) is 49.7. The van der Waals surface area contributed by atoms with Crippen LogP contribution in [0.2, 0.25) is 0 Å². The number of esters is 1. The lowest BCUT2D eigenvalue weighted by molar-refractivity contribution is -0.152. The van der Waals surface area contributed by atoms with E-state index < -0.39 is 23.4 Å². The lowest BCUT2D eigenvalue weighted by Crippen LogP contribution is -2.47. The van der Waals surface area contributed by atoms with E-state index in [1.807, 2.05) is 12.2 Å². The van der Waals surface area contributed by atoms with E-state index in [-0.39, 0.29) is 48.9 Å². The Morgan fingerprint density at radius 3 is 1.75 bits per heavy atom. The summed E-state index contributed by atoms with van der Waals surface area (Å²) in [5, 5.41) is 22.6. The van der Waals surface area contributed by atoms with Gasteiger partial charge in [0.2, 0.25) is 17.8 Å². The highest BCUT2D eigenvalue weighted by atomic mass is 32.2. The smallest absolute Gasteiger partial charge is 0.309 e. The van der Waals surface area contributed by atoms with Gasteiger partial charge in [0.05, 0.1) is 13.0 Å². The lowest BCUT2D eigenvalue weighted by Gasteiger charge is -2.28. The van der Waals surface area contributed by atoms with Crippen LogP contribution >= 0.6 is 11.8 Å². The number of carbonyl (C=O) groups excluding carboxylic acids is 4. The first-order valence-electron chi connectivity index (χ1n) is 17.4. The number of nitrogens with one attached hydrogen (secondary N) is 3. The minimum Gasteiger partial charge on any atom is -0.465 e. The molecule has 292 valence electrons. The molecule has 0 fully saturated rings. The zero-order valence-electron chi connectivity index (χ0n) is 31.9. The third-order valence-corrected chi connectivity index (χ3v) is 7.33. The standard InChI is InChI=1S/C34H52N2O6S.C4H11N5/c1-5-6-7-8-9-10-11-12-13-14-15-16-17-18-19-20-21-22-23-31(39)42-28-34(3,4)32(40)33(41)36-25-24-30(38)35-26-27-43-29(2)37;1-9(2)4(7)8-3(5)6/h6-7,9-10,12-13,15-16,18-19,21-22,32,40H,5,8,11,14,17,20,23-28H2,1-4H3,(H,35,38)(H,36,41);1-2H3,(H5,5,6,7,8)/b7-6-,10-9-,13-12-,16-15-,19-18-,22-21-;/t32-;/m0./s1. The normalized spacial score (nSPS) is 12.4. The number of amides is 2.